The summed E-state index contributed by atoms with van der Waals surface area (Å²) < 4.78 is 0. The van der Waals surface area contributed by atoms with Gasteiger partial charge in [-0.2, -0.15) is 5.10 Å². The molecule has 0 radical (unpaired) electrons. The van der Waals surface area contributed by atoms with Crippen molar-refractivity contribution < 1.29 is 0 Å². The molecule has 0 atom stereocenters. The van der Waals surface area contributed by atoms with E-state index in [9.17, 15) is 0 Å². The predicted octanol–water partition coefficient (Wildman–Crippen LogP) is 4.50. The monoisotopic (exact) mass is 449 g/mol. The van der Waals surface area contributed by atoms with Crippen molar-refractivity contribution in [3.05, 3.63) is 78.1 Å². The van der Waals surface area contributed by atoms with Crippen LogP contribution in [0.25, 0.3) is 32.9 Å². The lowest BCUT2D eigenvalue weighted by atomic mass is 10.0. The van der Waals surface area contributed by atoms with Gasteiger partial charge in [-0.25, -0.2) is 9.97 Å². The highest BCUT2D eigenvalue weighted by Gasteiger charge is 2.19. The van der Waals surface area contributed by atoms with Crippen LogP contribution in [-0.2, 0) is 6.54 Å². The summed E-state index contributed by atoms with van der Waals surface area (Å²) in [5.74, 6) is 1.72. The molecular weight excluding hydrogens is 422 g/mol. The fraction of sp³-hybridized carbons (Fsp3) is 0.222. The van der Waals surface area contributed by atoms with E-state index in [0.717, 1.165) is 65.7 Å². The van der Waals surface area contributed by atoms with Crippen LogP contribution in [0.15, 0.2) is 66.9 Å². The highest BCUT2D eigenvalue weighted by atomic mass is 15.3. The molecule has 0 saturated carbocycles. The Hall–Kier alpha value is -3.97. The third-order valence-corrected chi connectivity index (χ3v) is 6.54. The maximum absolute atomic E-state index is 5.10. The minimum absolute atomic E-state index is 0.689. The lowest BCUT2D eigenvalue weighted by Crippen LogP contribution is -2.44. The van der Waals surface area contributed by atoms with Gasteiger partial charge in [0, 0.05) is 49.4 Å². The number of rotatable bonds is 5. The standard InChI is InChI=1S/C27H27N7/c1-18-23-15-20(9-10-24(23)33-32-18)25-17-30-26(27(31-25)34-13-11-28-12-14-34)29-16-21-7-4-6-19-5-2-3-8-22(19)21/h2-10,15,17,28H,11-14,16H2,1H3,(H,29,30)(H,32,33). The summed E-state index contributed by atoms with van der Waals surface area (Å²) in [6, 6.07) is 21.2. The number of nitrogens with one attached hydrogen (secondary N) is 3. The summed E-state index contributed by atoms with van der Waals surface area (Å²) in [5, 5.41) is 18.0. The molecule has 3 heterocycles. The van der Waals surface area contributed by atoms with Crippen molar-refractivity contribution in [3.8, 4) is 11.3 Å². The van der Waals surface area contributed by atoms with Gasteiger partial charge in [0.15, 0.2) is 11.6 Å². The van der Waals surface area contributed by atoms with Crippen LogP contribution in [0.4, 0.5) is 11.6 Å². The second-order valence-corrected chi connectivity index (χ2v) is 8.74. The largest absolute Gasteiger partial charge is 0.363 e. The Morgan fingerprint density at radius 1 is 0.971 bits per heavy atom. The van der Waals surface area contributed by atoms with E-state index >= 15 is 0 Å². The number of piperazine rings is 1. The molecule has 1 fully saturated rings. The Morgan fingerprint density at radius 3 is 2.74 bits per heavy atom. The van der Waals surface area contributed by atoms with Gasteiger partial charge in [0.1, 0.15) is 0 Å². The van der Waals surface area contributed by atoms with Gasteiger partial charge in [-0.3, -0.25) is 5.10 Å². The Labute approximate surface area is 198 Å². The van der Waals surface area contributed by atoms with Crippen molar-refractivity contribution in [3.63, 3.8) is 0 Å². The van der Waals surface area contributed by atoms with Crippen molar-refractivity contribution in [2.75, 3.05) is 36.4 Å². The average Bonchev–Trinajstić information content (AvgIpc) is 3.28. The summed E-state index contributed by atoms with van der Waals surface area (Å²) in [5.41, 5.74) is 5.18. The van der Waals surface area contributed by atoms with E-state index in [2.05, 4.69) is 80.3 Å². The number of aryl methyl sites for hydroxylation is 1. The Kier molecular flexibility index (Phi) is 5.31. The van der Waals surface area contributed by atoms with Gasteiger partial charge in [0.25, 0.3) is 0 Å². The summed E-state index contributed by atoms with van der Waals surface area (Å²) in [4.78, 5) is 12.3. The minimum Gasteiger partial charge on any atom is -0.363 e. The Bertz CT molecular complexity index is 1460. The van der Waals surface area contributed by atoms with Gasteiger partial charge in [-0.05, 0) is 35.4 Å². The molecule has 7 heteroatoms. The number of fused-ring (bicyclic) bond motifs is 2. The smallest absolute Gasteiger partial charge is 0.172 e. The molecule has 1 saturated heterocycles. The number of hydrogen-bond acceptors (Lipinski definition) is 6. The minimum atomic E-state index is 0.689. The topological polar surface area (TPSA) is 81.8 Å². The van der Waals surface area contributed by atoms with Gasteiger partial charge in [-0.15, -0.1) is 0 Å². The summed E-state index contributed by atoms with van der Waals surface area (Å²) >= 11 is 0. The molecule has 1 aliphatic rings. The SMILES string of the molecule is Cc1[nH]nc2ccc(-c3cnc(NCc4cccc5ccccc45)c(N4CCNCC4)n3)cc12. The third-order valence-electron chi connectivity index (χ3n) is 6.54. The summed E-state index contributed by atoms with van der Waals surface area (Å²) in [6.07, 6.45) is 1.87. The molecule has 7 nitrogen and oxygen atoms in total. The van der Waals surface area contributed by atoms with E-state index in [1.807, 2.05) is 19.2 Å². The molecule has 34 heavy (non-hydrogen) atoms. The van der Waals surface area contributed by atoms with Crippen LogP contribution in [-0.4, -0.2) is 46.3 Å². The molecule has 0 bridgehead atoms. The van der Waals surface area contributed by atoms with Gasteiger partial charge in [-0.1, -0.05) is 48.5 Å². The highest BCUT2D eigenvalue weighted by Crippen LogP contribution is 2.29. The van der Waals surface area contributed by atoms with Crippen LogP contribution in [0, 0.1) is 6.92 Å². The normalized spacial score (nSPS) is 14.1. The van der Waals surface area contributed by atoms with Crippen LogP contribution in [0.2, 0.25) is 0 Å². The van der Waals surface area contributed by atoms with Crippen molar-refractivity contribution >= 4 is 33.3 Å². The molecule has 6 rings (SSSR count). The fourth-order valence-electron chi connectivity index (χ4n) is 4.66. The molecular formula is C27H27N7. The second kappa shape index (κ2) is 8.76. The molecule has 1 aliphatic heterocycles. The van der Waals surface area contributed by atoms with E-state index < -0.39 is 0 Å². The van der Waals surface area contributed by atoms with Gasteiger partial charge >= 0.3 is 0 Å². The predicted molar refractivity (Wildman–Crippen MR) is 138 cm³/mol. The lowest BCUT2D eigenvalue weighted by Gasteiger charge is -2.30. The maximum atomic E-state index is 5.10. The quantitative estimate of drug-likeness (QED) is 0.366. The number of aromatic amines is 1. The molecule has 2 aromatic heterocycles. The van der Waals surface area contributed by atoms with E-state index in [4.69, 9.17) is 9.97 Å². The van der Waals surface area contributed by atoms with E-state index in [1.54, 1.807) is 0 Å². The molecule has 3 aromatic carbocycles. The van der Waals surface area contributed by atoms with Crippen LogP contribution in [0.5, 0.6) is 0 Å². The molecule has 0 spiro atoms. The number of hydrogen-bond donors (Lipinski definition) is 3. The van der Waals surface area contributed by atoms with Gasteiger partial charge < -0.3 is 15.5 Å². The highest BCUT2D eigenvalue weighted by molar-refractivity contribution is 5.87. The van der Waals surface area contributed by atoms with E-state index in [0.29, 0.717) is 6.54 Å². The molecule has 0 aliphatic carbocycles. The first-order chi connectivity index (χ1) is 16.8. The van der Waals surface area contributed by atoms with Gasteiger partial charge in [0.05, 0.1) is 17.4 Å². The van der Waals surface area contributed by atoms with Crippen molar-refractivity contribution in [1.29, 1.82) is 0 Å². The van der Waals surface area contributed by atoms with Crippen molar-refractivity contribution in [1.82, 2.24) is 25.5 Å². The average molecular weight is 450 g/mol. The van der Waals surface area contributed by atoms with E-state index in [1.165, 1.54) is 16.3 Å². The van der Waals surface area contributed by atoms with Crippen LogP contribution in [0.1, 0.15) is 11.3 Å². The first kappa shape index (κ1) is 20.6. The van der Waals surface area contributed by atoms with E-state index in [-0.39, 0.29) is 0 Å². The van der Waals surface area contributed by atoms with Gasteiger partial charge in [0.2, 0.25) is 0 Å². The Balaban J connectivity index is 1.36. The van der Waals surface area contributed by atoms with Crippen molar-refractivity contribution in [2.24, 2.45) is 0 Å². The first-order valence-electron chi connectivity index (χ1n) is 11.7. The lowest BCUT2D eigenvalue weighted by molar-refractivity contribution is 0.585. The third kappa shape index (κ3) is 3.84. The molecule has 0 unspecified atom stereocenters. The first-order valence-corrected chi connectivity index (χ1v) is 11.7. The number of anilines is 2. The zero-order valence-corrected chi connectivity index (χ0v) is 19.2. The van der Waals surface area contributed by atoms with Crippen molar-refractivity contribution in [2.45, 2.75) is 13.5 Å². The molecule has 0 amide bonds. The Morgan fingerprint density at radius 2 is 1.82 bits per heavy atom. The maximum Gasteiger partial charge on any atom is 0.172 e. The summed E-state index contributed by atoms with van der Waals surface area (Å²) in [6.45, 7) is 6.41. The second-order valence-electron chi connectivity index (χ2n) is 8.74. The number of benzene rings is 3. The van der Waals surface area contributed by atoms with Crippen LogP contribution < -0.4 is 15.5 Å². The van der Waals surface area contributed by atoms with Crippen LogP contribution in [0.3, 0.4) is 0 Å². The summed E-state index contributed by atoms with van der Waals surface area (Å²) in [7, 11) is 0. The number of aromatic nitrogens is 4. The molecule has 170 valence electrons. The zero-order valence-electron chi connectivity index (χ0n) is 19.2. The number of H-pyrrole nitrogens is 1. The molecule has 3 N–H and O–H groups in total. The fourth-order valence-corrected chi connectivity index (χ4v) is 4.66. The van der Waals surface area contributed by atoms with Crippen LogP contribution >= 0.6 is 0 Å². The molecule has 5 aromatic rings. The zero-order chi connectivity index (χ0) is 22.9. The number of nitrogens with zero attached hydrogens (tertiary/aromatic N) is 4.